The third-order valence-electron chi connectivity index (χ3n) is 2.89. The van der Waals surface area contributed by atoms with Crippen molar-refractivity contribution >= 4 is 0 Å². The molecule has 1 aliphatic carbocycles. The molecular formula is C11H19NO. The number of hydrogen-bond donors (Lipinski definition) is 2. The van der Waals surface area contributed by atoms with Crippen molar-refractivity contribution in [1.82, 2.24) is 5.32 Å². The molecule has 0 aromatic carbocycles. The van der Waals surface area contributed by atoms with Crippen molar-refractivity contribution in [3.05, 3.63) is 0 Å². The molecule has 0 atom stereocenters. The molecule has 0 aromatic heterocycles. The summed E-state index contributed by atoms with van der Waals surface area (Å²) in [5, 5.41) is 13.2. The summed E-state index contributed by atoms with van der Waals surface area (Å²) in [4.78, 5) is 0. The fourth-order valence-electron chi connectivity index (χ4n) is 1.84. The lowest BCUT2D eigenvalue weighted by Gasteiger charge is -2.34. The van der Waals surface area contributed by atoms with Crippen molar-refractivity contribution < 1.29 is 5.11 Å². The molecule has 1 rings (SSSR count). The summed E-state index contributed by atoms with van der Waals surface area (Å²) in [6.45, 7) is 3.44. The highest BCUT2D eigenvalue weighted by molar-refractivity contribution is 4.91. The first-order valence-electron chi connectivity index (χ1n) is 5.03. The lowest BCUT2D eigenvalue weighted by Crippen LogP contribution is -2.43. The number of rotatable bonds is 3. The van der Waals surface area contributed by atoms with Crippen LogP contribution in [0.1, 0.15) is 32.6 Å². The second-order valence-electron chi connectivity index (χ2n) is 4.21. The molecule has 0 amide bonds. The van der Waals surface area contributed by atoms with Gasteiger partial charge in [-0.15, -0.1) is 6.42 Å². The fraction of sp³-hybridized carbons (Fsp3) is 0.818. The molecule has 2 nitrogen and oxygen atoms in total. The van der Waals surface area contributed by atoms with E-state index in [4.69, 9.17) is 6.42 Å². The molecule has 1 aliphatic rings. The van der Waals surface area contributed by atoms with Gasteiger partial charge < -0.3 is 10.4 Å². The van der Waals surface area contributed by atoms with Crippen LogP contribution < -0.4 is 5.32 Å². The topological polar surface area (TPSA) is 32.3 Å². The van der Waals surface area contributed by atoms with E-state index < -0.39 is 5.60 Å². The van der Waals surface area contributed by atoms with Crippen LogP contribution in [0.25, 0.3) is 0 Å². The highest BCUT2D eigenvalue weighted by atomic mass is 16.3. The van der Waals surface area contributed by atoms with Gasteiger partial charge in [0, 0.05) is 6.54 Å². The van der Waals surface area contributed by atoms with Crippen molar-refractivity contribution in [2.24, 2.45) is 5.92 Å². The highest BCUT2D eigenvalue weighted by Crippen LogP contribution is 2.31. The largest absolute Gasteiger partial charge is 0.389 e. The van der Waals surface area contributed by atoms with Crippen LogP contribution in [0.4, 0.5) is 0 Å². The lowest BCUT2D eigenvalue weighted by atomic mass is 9.79. The van der Waals surface area contributed by atoms with E-state index in [9.17, 15) is 5.11 Å². The molecule has 0 radical (unpaired) electrons. The summed E-state index contributed by atoms with van der Waals surface area (Å²) < 4.78 is 0. The molecule has 0 unspecified atom stereocenters. The summed E-state index contributed by atoms with van der Waals surface area (Å²) >= 11 is 0. The second-order valence-corrected chi connectivity index (χ2v) is 4.21. The van der Waals surface area contributed by atoms with E-state index in [2.05, 4.69) is 18.2 Å². The van der Waals surface area contributed by atoms with Gasteiger partial charge >= 0.3 is 0 Å². The number of nitrogens with one attached hydrogen (secondary N) is 1. The van der Waals surface area contributed by atoms with Crippen LogP contribution in [0.5, 0.6) is 0 Å². The summed E-state index contributed by atoms with van der Waals surface area (Å²) in [7, 11) is 0. The monoisotopic (exact) mass is 181 g/mol. The molecular weight excluding hydrogens is 162 g/mol. The zero-order valence-electron chi connectivity index (χ0n) is 8.34. The van der Waals surface area contributed by atoms with Gasteiger partial charge in [0.15, 0.2) is 0 Å². The smallest absolute Gasteiger partial charge is 0.0772 e. The Morgan fingerprint density at radius 3 is 2.69 bits per heavy atom. The Morgan fingerprint density at radius 1 is 1.54 bits per heavy atom. The normalized spacial score (nSPS) is 34.1. The Morgan fingerprint density at radius 2 is 2.15 bits per heavy atom. The average molecular weight is 181 g/mol. The van der Waals surface area contributed by atoms with Crippen molar-refractivity contribution in [3.63, 3.8) is 0 Å². The molecule has 1 saturated carbocycles. The minimum Gasteiger partial charge on any atom is -0.389 e. The molecule has 0 spiro atoms. The minimum atomic E-state index is -0.497. The zero-order valence-corrected chi connectivity index (χ0v) is 8.34. The minimum absolute atomic E-state index is 0.497. The predicted molar refractivity (Wildman–Crippen MR) is 54.3 cm³/mol. The van der Waals surface area contributed by atoms with Crippen LogP contribution in [0.3, 0.4) is 0 Å². The summed E-state index contributed by atoms with van der Waals surface area (Å²) in [5.41, 5.74) is -0.497. The first-order chi connectivity index (χ1) is 6.16. The Hall–Kier alpha value is -0.520. The van der Waals surface area contributed by atoms with E-state index in [1.54, 1.807) is 0 Å². The highest BCUT2D eigenvalue weighted by Gasteiger charge is 2.30. The van der Waals surface area contributed by atoms with Gasteiger partial charge in [-0.2, -0.15) is 0 Å². The van der Waals surface area contributed by atoms with Crippen molar-refractivity contribution in [2.75, 3.05) is 13.1 Å². The molecule has 2 N–H and O–H groups in total. The standard InChI is InChI=1S/C11H19NO/c1-3-8-12-9-11(13)6-4-10(2)5-7-11/h1,10,12-13H,4-9H2,2H3. The average Bonchev–Trinajstić information content (AvgIpc) is 2.12. The van der Waals surface area contributed by atoms with Crippen molar-refractivity contribution in [1.29, 1.82) is 0 Å². The van der Waals surface area contributed by atoms with E-state index in [-0.39, 0.29) is 0 Å². The van der Waals surface area contributed by atoms with Gasteiger partial charge in [0.2, 0.25) is 0 Å². The lowest BCUT2D eigenvalue weighted by molar-refractivity contribution is -0.00520. The third kappa shape index (κ3) is 3.38. The maximum Gasteiger partial charge on any atom is 0.0772 e. The van der Waals surface area contributed by atoms with Crippen LogP contribution in [0, 0.1) is 18.3 Å². The van der Waals surface area contributed by atoms with Crippen LogP contribution in [-0.4, -0.2) is 23.8 Å². The number of aliphatic hydroxyl groups is 1. The Bertz CT molecular complexity index is 187. The molecule has 0 aliphatic heterocycles. The Kier molecular flexibility index (Phi) is 3.77. The van der Waals surface area contributed by atoms with E-state index in [0.29, 0.717) is 13.1 Å². The molecule has 0 aromatic rings. The Balaban J connectivity index is 2.27. The van der Waals surface area contributed by atoms with Crippen LogP contribution in [0.2, 0.25) is 0 Å². The van der Waals surface area contributed by atoms with Gasteiger partial charge in [-0.05, 0) is 31.6 Å². The van der Waals surface area contributed by atoms with Gasteiger partial charge in [0.05, 0.1) is 12.1 Å². The fourth-order valence-corrected chi connectivity index (χ4v) is 1.84. The van der Waals surface area contributed by atoms with Gasteiger partial charge in [0.25, 0.3) is 0 Å². The van der Waals surface area contributed by atoms with Gasteiger partial charge in [0.1, 0.15) is 0 Å². The van der Waals surface area contributed by atoms with E-state index in [0.717, 1.165) is 31.6 Å². The molecule has 0 bridgehead atoms. The third-order valence-corrected chi connectivity index (χ3v) is 2.89. The van der Waals surface area contributed by atoms with E-state index in [1.165, 1.54) is 0 Å². The summed E-state index contributed by atoms with van der Waals surface area (Å²) in [6.07, 6.45) is 9.20. The molecule has 0 saturated heterocycles. The quantitative estimate of drug-likeness (QED) is 0.505. The van der Waals surface area contributed by atoms with E-state index in [1.807, 2.05) is 0 Å². The zero-order chi connectivity index (χ0) is 9.73. The van der Waals surface area contributed by atoms with Gasteiger partial charge in [-0.3, -0.25) is 0 Å². The second kappa shape index (κ2) is 4.64. The molecule has 2 heteroatoms. The molecule has 13 heavy (non-hydrogen) atoms. The maximum absolute atomic E-state index is 10.1. The number of hydrogen-bond acceptors (Lipinski definition) is 2. The SMILES string of the molecule is C#CCNCC1(O)CCC(C)CC1. The van der Waals surface area contributed by atoms with Gasteiger partial charge in [-0.1, -0.05) is 12.8 Å². The molecule has 1 fully saturated rings. The van der Waals surface area contributed by atoms with Crippen LogP contribution in [0.15, 0.2) is 0 Å². The Labute approximate surface area is 80.7 Å². The van der Waals surface area contributed by atoms with Crippen molar-refractivity contribution in [2.45, 2.75) is 38.2 Å². The van der Waals surface area contributed by atoms with Crippen LogP contribution in [-0.2, 0) is 0 Å². The molecule has 0 heterocycles. The summed E-state index contributed by atoms with van der Waals surface area (Å²) in [6, 6.07) is 0. The van der Waals surface area contributed by atoms with Gasteiger partial charge in [-0.25, -0.2) is 0 Å². The van der Waals surface area contributed by atoms with E-state index >= 15 is 0 Å². The maximum atomic E-state index is 10.1. The van der Waals surface area contributed by atoms with Crippen molar-refractivity contribution in [3.8, 4) is 12.3 Å². The summed E-state index contributed by atoms with van der Waals surface area (Å²) in [5.74, 6) is 3.28. The number of terminal acetylenes is 1. The van der Waals surface area contributed by atoms with Crippen LogP contribution >= 0.6 is 0 Å². The first kappa shape index (κ1) is 10.6. The molecule has 74 valence electrons. The first-order valence-corrected chi connectivity index (χ1v) is 5.03. The predicted octanol–water partition coefficient (Wildman–Crippen LogP) is 1.15.